The van der Waals surface area contributed by atoms with E-state index in [-0.39, 0.29) is 24.0 Å². The quantitative estimate of drug-likeness (QED) is 0.918. The Balaban J connectivity index is 2.25. The number of hydrogen-bond acceptors (Lipinski definition) is 3. The van der Waals surface area contributed by atoms with Crippen molar-refractivity contribution in [1.29, 1.82) is 0 Å². The van der Waals surface area contributed by atoms with E-state index in [2.05, 4.69) is 33.0 Å². The number of carbonyl (C=O) groups excluding carboxylic acids is 1. The lowest BCUT2D eigenvalue weighted by molar-refractivity contribution is -0.121. The average Bonchev–Trinajstić information content (AvgIpc) is 2.40. The van der Waals surface area contributed by atoms with Gasteiger partial charge in [0.15, 0.2) is 6.61 Å². The second-order valence-corrected chi connectivity index (χ2v) is 6.24. The lowest BCUT2D eigenvalue weighted by Gasteiger charge is -2.37. The van der Waals surface area contributed by atoms with Crippen molar-refractivity contribution in [2.24, 2.45) is 5.41 Å². The third kappa shape index (κ3) is 3.12. The highest BCUT2D eigenvalue weighted by molar-refractivity contribution is 5.97. The van der Waals surface area contributed by atoms with Crippen LogP contribution in [-0.2, 0) is 4.79 Å². The molecule has 1 N–H and O–H groups in total. The van der Waals surface area contributed by atoms with Gasteiger partial charge in [-0.2, -0.15) is 0 Å². The molecule has 0 radical (unpaired) electrons. The molecule has 1 aliphatic heterocycles. The summed E-state index contributed by atoms with van der Waals surface area (Å²) < 4.78 is 5.48. The second-order valence-electron chi connectivity index (χ2n) is 6.24. The molecule has 0 bridgehead atoms. The van der Waals surface area contributed by atoms with Gasteiger partial charge >= 0.3 is 0 Å². The molecule has 1 heterocycles. The monoisotopic (exact) mass is 276 g/mol. The van der Waals surface area contributed by atoms with E-state index in [1.54, 1.807) is 0 Å². The third-order valence-electron chi connectivity index (χ3n) is 3.67. The Morgan fingerprint density at radius 3 is 2.70 bits per heavy atom. The van der Waals surface area contributed by atoms with E-state index in [0.29, 0.717) is 6.54 Å². The number of para-hydroxylation sites is 2. The van der Waals surface area contributed by atoms with Crippen molar-refractivity contribution in [2.75, 3.05) is 24.6 Å². The summed E-state index contributed by atoms with van der Waals surface area (Å²) in [5.74, 6) is 0.812. The molecule has 0 fully saturated rings. The first-order valence-corrected chi connectivity index (χ1v) is 7.19. The highest BCUT2D eigenvalue weighted by Crippen LogP contribution is 2.32. The molecule has 0 aromatic heterocycles. The lowest BCUT2D eigenvalue weighted by atomic mass is 9.86. The van der Waals surface area contributed by atoms with Gasteiger partial charge in [-0.3, -0.25) is 4.79 Å². The van der Waals surface area contributed by atoms with E-state index < -0.39 is 0 Å². The SMILES string of the molecule is CCNC(CN1C(=O)COc2ccccc21)C(C)(C)C. The fourth-order valence-corrected chi connectivity index (χ4v) is 2.43. The number of rotatable bonds is 4. The van der Waals surface area contributed by atoms with Gasteiger partial charge in [0.2, 0.25) is 0 Å². The van der Waals surface area contributed by atoms with Gasteiger partial charge in [-0.1, -0.05) is 39.8 Å². The molecule has 1 atom stereocenters. The zero-order valence-electron chi connectivity index (χ0n) is 12.8. The first kappa shape index (κ1) is 14.9. The Morgan fingerprint density at radius 2 is 2.05 bits per heavy atom. The summed E-state index contributed by atoms with van der Waals surface area (Å²) >= 11 is 0. The number of carbonyl (C=O) groups is 1. The van der Waals surface area contributed by atoms with Crippen LogP contribution < -0.4 is 15.0 Å². The molecule has 110 valence electrons. The van der Waals surface area contributed by atoms with Gasteiger partial charge in [0.05, 0.1) is 5.69 Å². The van der Waals surface area contributed by atoms with Crippen LogP contribution in [0.2, 0.25) is 0 Å². The van der Waals surface area contributed by atoms with Crippen molar-refractivity contribution in [3.05, 3.63) is 24.3 Å². The summed E-state index contributed by atoms with van der Waals surface area (Å²) in [7, 11) is 0. The van der Waals surface area contributed by atoms with E-state index in [0.717, 1.165) is 18.0 Å². The minimum Gasteiger partial charge on any atom is -0.482 e. The fourth-order valence-electron chi connectivity index (χ4n) is 2.43. The Morgan fingerprint density at radius 1 is 1.35 bits per heavy atom. The maximum atomic E-state index is 12.2. The number of nitrogens with one attached hydrogen (secondary N) is 1. The van der Waals surface area contributed by atoms with Crippen LogP contribution in [0.15, 0.2) is 24.3 Å². The van der Waals surface area contributed by atoms with Crippen LogP contribution in [0.3, 0.4) is 0 Å². The van der Waals surface area contributed by atoms with Gasteiger partial charge in [0.25, 0.3) is 5.91 Å². The Kier molecular flexibility index (Phi) is 4.33. The highest BCUT2D eigenvalue weighted by atomic mass is 16.5. The first-order valence-electron chi connectivity index (χ1n) is 7.19. The molecule has 1 amide bonds. The molecule has 4 heteroatoms. The maximum absolute atomic E-state index is 12.2. The second kappa shape index (κ2) is 5.83. The van der Waals surface area contributed by atoms with Gasteiger partial charge in [0, 0.05) is 12.6 Å². The van der Waals surface area contributed by atoms with Crippen LogP contribution >= 0.6 is 0 Å². The molecular weight excluding hydrogens is 252 g/mol. The Bertz CT molecular complexity index is 480. The number of ether oxygens (including phenoxy) is 1. The summed E-state index contributed by atoms with van der Waals surface area (Å²) in [4.78, 5) is 14.0. The fraction of sp³-hybridized carbons (Fsp3) is 0.562. The van der Waals surface area contributed by atoms with Crippen LogP contribution in [0.5, 0.6) is 5.75 Å². The number of hydrogen-bond donors (Lipinski definition) is 1. The van der Waals surface area contributed by atoms with Crippen LogP contribution in [0.1, 0.15) is 27.7 Å². The molecule has 20 heavy (non-hydrogen) atoms. The van der Waals surface area contributed by atoms with Crippen LogP contribution in [0.25, 0.3) is 0 Å². The minimum absolute atomic E-state index is 0.0239. The normalized spacial score (nSPS) is 16.6. The number of likely N-dealkylation sites (N-methyl/N-ethyl adjacent to an activating group) is 1. The van der Waals surface area contributed by atoms with Crippen molar-refractivity contribution in [2.45, 2.75) is 33.7 Å². The molecule has 0 spiro atoms. The number of anilines is 1. The van der Waals surface area contributed by atoms with Gasteiger partial charge in [-0.25, -0.2) is 0 Å². The zero-order valence-corrected chi connectivity index (χ0v) is 12.8. The summed E-state index contributed by atoms with van der Waals surface area (Å²) in [5.41, 5.74) is 0.958. The average molecular weight is 276 g/mol. The molecule has 0 saturated heterocycles. The van der Waals surface area contributed by atoms with Crippen molar-refractivity contribution in [3.8, 4) is 5.75 Å². The molecule has 0 aliphatic carbocycles. The lowest BCUT2D eigenvalue weighted by Crippen LogP contribution is -2.52. The van der Waals surface area contributed by atoms with Crippen LogP contribution in [0.4, 0.5) is 5.69 Å². The smallest absolute Gasteiger partial charge is 0.265 e. The standard InChI is InChI=1S/C16H24N2O2/c1-5-17-14(16(2,3)4)10-18-12-8-6-7-9-13(12)20-11-15(18)19/h6-9,14,17H,5,10-11H2,1-4H3. The van der Waals surface area contributed by atoms with Crippen molar-refractivity contribution < 1.29 is 9.53 Å². The van der Waals surface area contributed by atoms with E-state index in [1.807, 2.05) is 29.2 Å². The first-order chi connectivity index (χ1) is 9.43. The zero-order chi connectivity index (χ0) is 14.8. The Labute approximate surface area is 121 Å². The van der Waals surface area contributed by atoms with Crippen LogP contribution in [-0.4, -0.2) is 31.6 Å². The van der Waals surface area contributed by atoms with Gasteiger partial charge < -0.3 is 15.0 Å². The van der Waals surface area contributed by atoms with Gasteiger partial charge in [0.1, 0.15) is 5.75 Å². The number of amides is 1. The van der Waals surface area contributed by atoms with E-state index in [4.69, 9.17) is 4.74 Å². The van der Waals surface area contributed by atoms with Crippen molar-refractivity contribution in [1.82, 2.24) is 5.32 Å². The van der Waals surface area contributed by atoms with Crippen molar-refractivity contribution >= 4 is 11.6 Å². The summed E-state index contributed by atoms with van der Waals surface area (Å²) in [5, 5.41) is 3.49. The molecular formula is C16H24N2O2. The third-order valence-corrected chi connectivity index (χ3v) is 3.67. The molecule has 1 aliphatic rings. The van der Waals surface area contributed by atoms with Gasteiger partial charge in [-0.15, -0.1) is 0 Å². The molecule has 1 aromatic carbocycles. The summed E-state index contributed by atoms with van der Waals surface area (Å²) in [6.07, 6.45) is 0. The topological polar surface area (TPSA) is 41.6 Å². The molecule has 4 nitrogen and oxygen atoms in total. The van der Waals surface area contributed by atoms with E-state index >= 15 is 0 Å². The van der Waals surface area contributed by atoms with E-state index in [9.17, 15) is 4.79 Å². The molecule has 1 unspecified atom stereocenters. The van der Waals surface area contributed by atoms with Crippen LogP contribution in [0, 0.1) is 5.41 Å². The predicted octanol–water partition coefficient (Wildman–Crippen LogP) is 2.44. The highest BCUT2D eigenvalue weighted by Gasteiger charge is 2.31. The Hall–Kier alpha value is -1.55. The number of benzene rings is 1. The number of fused-ring (bicyclic) bond motifs is 1. The van der Waals surface area contributed by atoms with Crippen molar-refractivity contribution in [3.63, 3.8) is 0 Å². The largest absolute Gasteiger partial charge is 0.482 e. The van der Waals surface area contributed by atoms with E-state index in [1.165, 1.54) is 0 Å². The molecule has 2 rings (SSSR count). The summed E-state index contributed by atoms with van der Waals surface area (Å²) in [6.45, 7) is 10.3. The number of nitrogens with zero attached hydrogens (tertiary/aromatic N) is 1. The maximum Gasteiger partial charge on any atom is 0.265 e. The molecule has 0 saturated carbocycles. The molecule has 1 aromatic rings. The minimum atomic E-state index is 0.0239. The summed E-state index contributed by atoms with van der Waals surface area (Å²) in [6, 6.07) is 7.96. The van der Waals surface area contributed by atoms with Gasteiger partial charge in [-0.05, 0) is 24.1 Å². The predicted molar refractivity (Wildman–Crippen MR) is 81.2 cm³/mol.